The molecule has 0 saturated heterocycles. The Labute approximate surface area is 73.8 Å². The van der Waals surface area contributed by atoms with Crippen molar-refractivity contribution >= 4 is 23.4 Å². The van der Waals surface area contributed by atoms with Crippen LogP contribution in [0.5, 0.6) is 5.75 Å². The third-order valence-corrected chi connectivity index (χ3v) is 3.07. The monoisotopic (exact) mass is 188 g/mol. The molecule has 0 unspecified atom stereocenters. The molecule has 0 spiro atoms. The molecule has 1 aliphatic heterocycles. The third-order valence-electron chi connectivity index (χ3n) is 1.65. The lowest BCUT2D eigenvalue weighted by Gasteiger charge is -1.95. The Kier molecular flexibility index (Phi) is 1.69. The van der Waals surface area contributed by atoms with Crippen LogP contribution in [0.4, 0.5) is 0 Å². The molecule has 0 atom stereocenters. The number of rotatable bonds is 0. The van der Waals surface area contributed by atoms with Crippen LogP contribution >= 0.6 is 23.4 Å². The number of nitrogens with zero attached hydrogens (tertiary/aromatic N) is 1. The number of aromatic nitrogens is 1. The molecule has 1 aromatic heterocycles. The summed E-state index contributed by atoms with van der Waals surface area (Å²) in [6.07, 6.45) is 0. The van der Waals surface area contributed by atoms with Gasteiger partial charge in [-0.2, -0.15) is 4.57 Å². The second-order valence-corrected chi connectivity index (χ2v) is 3.82. The van der Waals surface area contributed by atoms with E-state index in [1.165, 1.54) is 0 Å². The van der Waals surface area contributed by atoms with Gasteiger partial charge in [-0.3, -0.25) is 0 Å². The van der Waals surface area contributed by atoms with E-state index < -0.39 is 0 Å². The number of pyridine rings is 1. The van der Waals surface area contributed by atoms with E-state index in [1.807, 2.05) is 4.57 Å². The Hall–Kier alpha value is -0.410. The van der Waals surface area contributed by atoms with Crippen LogP contribution in [0, 0.1) is 0 Å². The maximum atomic E-state index is 9.36. The van der Waals surface area contributed by atoms with Gasteiger partial charge in [0.15, 0.2) is 12.3 Å². The maximum Gasteiger partial charge on any atom is 0.283 e. The average Bonchev–Trinajstić information content (AvgIpc) is 2.45. The molecule has 0 aromatic carbocycles. The van der Waals surface area contributed by atoms with Crippen molar-refractivity contribution < 1.29 is 9.67 Å². The lowest BCUT2D eigenvalue weighted by Crippen LogP contribution is -2.33. The van der Waals surface area contributed by atoms with Gasteiger partial charge in [0.1, 0.15) is 0 Å². The third kappa shape index (κ3) is 1.08. The maximum absolute atomic E-state index is 9.36. The number of hydrogen-bond acceptors (Lipinski definition) is 2. The smallest absolute Gasteiger partial charge is 0.283 e. The van der Waals surface area contributed by atoms with E-state index in [4.69, 9.17) is 11.6 Å². The van der Waals surface area contributed by atoms with Gasteiger partial charge in [0.2, 0.25) is 0 Å². The molecule has 2 heterocycles. The van der Waals surface area contributed by atoms with Crippen molar-refractivity contribution in [2.75, 3.05) is 5.75 Å². The molecule has 0 radical (unpaired) electrons. The van der Waals surface area contributed by atoms with Gasteiger partial charge in [0.25, 0.3) is 10.2 Å². The Morgan fingerprint density at radius 3 is 3.09 bits per heavy atom. The van der Waals surface area contributed by atoms with Crippen molar-refractivity contribution in [1.29, 1.82) is 0 Å². The minimum atomic E-state index is 0.330. The summed E-state index contributed by atoms with van der Waals surface area (Å²) in [6.45, 7) is 0.896. The molecule has 0 fully saturated rings. The fourth-order valence-electron chi connectivity index (χ4n) is 1.14. The van der Waals surface area contributed by atoms with Gasteiger partial charge in [-0.25, -0.2) is 0 Å². The highest BCUT2D eigenvalue weighted by Crippen LogP contribution is 2.29. The average molecular weight is 189 g/mol. The van der Waals surface area contributed by atoms with Crippen LogP contribution in [-0.4, -0.2) is 10.9 Å². The van der Waals surface area contributed by atoms with Crippen molar-refractivity contribution in [3.8, 4) is 5.75 Å². The zero-order valence-corrected chi connectivity index (χ0v) is 7.32. The van der Waals surface area contributed by atoms with Crippen molar-refractivity contribution in [1.82, 2.24) is 0 Å². The predicted octanol–water partition coefficient (Wildman–Crippen LogP) is 1.44. The lowest BCUT2D eigenvalue weighted by atomic mass is 10.4. The first-order chi connectivity index (χ1) is 5.29. The molecular formula is C7H7ClNOS+. The van der Waals surface area contributed by atoms with Crippen LogP contribution in [-0.2, 0) is 6.54 Å². The van der Waals surface area contributed by atoms with Crippen LogP contribution < -0.4 is 4.57 Å². The van der Waals surface area contributed by atoms with E-state index in [1.54, 1.807) is 23.9 Å². The highest BCUT2D eigenvalue weighted by atomic mass is 35.5. The first-order valence-corrected chi connectivity index (χ1v) is 4.69. The van der Waals surface area contributed by atoms with Crippen LogP contribution in [0.1, 0.15) is 0 Å². The molecule has 2 rings (SSSR count). The molecule has 1 N–H and O–H groups in total. The van der Waals surface area contributed by atoms with Gasteiger partial charge in [0, 0.05) is 6.07 Å². The summed E-state index contributed by atoms with van der Waals surface area (Å²) >= 11 is 7.52. The predicted molar refractivity (Wildman–Crippen MR) is 44.0 cm³/mol. The van der Waals surface area contributed by atoms with Gasteiger partial charge in [-0.05, 0) is 29.4 Å². The Balaban J connectivity index is 2.64. The molecule has 1 aromatic rings. The zero-order valence-electron chi connectivity index (χ0n) is 5.75. The number of halogens is 1. The highest BCUT2D eigenvalue weighted by molar-refractivity contribution is 7.99. The van der Waals surface area contributed by atoms with E-state index in [0.717, 1.165) is 17.3 Å². The summed E-state index contributed by atoms with van der Waals surface area (Å²) in [6, 6.07) is 3.35. The van der Waals surface area contributed by atoms with Crippen LogP contribution in [0.2, 0.25) is 5.15 Å². The van der Waals surface area contributed by atoms with E-state index in [2.05, 4.69) is 0 Å². The summed E-state index contributed by atoms with van der Waals surface area (Å²) in [4.78, 5) is 0. The standard InChI is InChI=1S/C7H6ClNOS/c8-6-2-1-5(10)7-9(6)3-4-11-7/h1-2H,3-4H2/p+1. The van der Waals surface area contributed by atoms with Crippen molar-refractivity contribution in [3.63, 3.8) is 0 Å². The minimum Gasteiger partial charge on any atom is -0.502 e. The molecule has 1 aliphatic rings. The first-order valence-electron chi connectivity index (χ1n) is 3.33. The second kappa shape index (κ2) is 2.57. The molecule has 0 bridgehead atoms. The van der Waals surface area contributed by atoms with Crippen LogP contribution in [0.25, 0.3) is 0 Å². The summed E-state index contributed by atoms with van der Waals surface area (Å²) < 4.78 is 1.92. The topological polar surface area (TPSA) is 24.1 Å². The van der Waals surface area contributed by atoms with E-state index in [0.29, 0.717) is 10.9 Å². The van der Waals surface area contributed by atoms with Gasteiger partial charge >= 0.3 is 0 Å². The fourth-order valence-corrected chi connectivity index (χ4v) is 2.45. The normalized spacial score (nSPS) is 15.0. The number of thioether (sulfide) groups is 1. The first kappa shape index (κ1) is 7.25. The Bertz CT molecular complexity index is 274. The second-order valence-electron chi connectivity index (χ2n) is 2.35. The quantitative estimate of drug-likeness (QED) is 0.492. The van der Waals surface area contributed by atoms with Crippen molar-refractivity contribution in [2.45, 2.75) is 11.6 Å². The Morgan fingerprint density at radius 1 is 1.55 bits per heavy atom. The molecule has 11 heavy (non-hydrogen) atoms. The fraction of sp³-hybridized carbons (Fsp3) is 0.286. The lowest BCUT2D eigenvalue weighted by molar-refractivity contribution is -0.721. The minimum absolute atomic E-state index is 0.330. The molecule has 0 aliphatic carbocycles. The largest absolute Gasteiger partial charge is 0.502 e. The molecular weight excluding hydrogens is 182 g/mol. The Morgan fingerprint density at radius 2 is 2.36 bits per heavy atom. The summed E-state index contributed by atoms with van der Waals surface area (Å²) in [5.74, 6) is 1.33. The van der Waals surface area contributed by atoms with E-state index in [-0.39, 0.29) is 0 Å². The van der Waals surface area contributed by atoms with Crippen molar-refractivity contribution in [2.24, 2.45) is 0 Å². The van der Waals surface area contributed by atoms with Crippen LogP contribution in [0.3, 0.4) is 0 Å². The zero-order chi connectivity index (χ0) is 7.84. The number of aromatic hydroxyl groups is 1. The van der Waals surface area contributed by atoms with E-state index in [9.17, 15) is 5.11 Å². The van der Waals surface area contributed by atoms with E-state index >= 15 is 0 Å². The van der Waals surface area contributed by atoms with Gasteiger partial charge in [-0.1, -0.05) is 0 Å². The summed E-state index contributed by atoms with van der Waals surface area (Å²) in [5, 5.41) is 10.9. The highest BCUT2D eigenvalue weighted by Gasteiger charge is 2.26. The molecule has 58 valence electrons. The molecule has 4 heteroatoms. The van der Waals surface area contributed by atoms with Gasteiger partial charge in [0.05, 0.1) is 5.75 Å². The number of fused-ring (bicyclic) bond motifs is 1. The van der Waals surface area contributed by atoms with Gasteiger partial charge in [-0.15, -0.1) is 0 Å². The SMILES string of the molecule is Oc1ccc(Cl)[n+]2c1SCC2. The summed E-state index contributed by atoms with van der Waals surface area (Å²) in [5.41, 5.74) is 0. The molecule has 0 amide bonds. The number of hydrogen-bond donors (Lipinski definition) is 1. The molecule has 0 saturated carbocycles. The van der Waals surface area contributed by atoms with Gasteiger partial charge < -0.3 is 5.11 Å². The van der Waals surface area contributed by atoms with Crippen molar-refractivity contribution in [3.05, 3.63) is 17.3 Å². The summed E-state index contributed by atoms with van der Waals surface area (Å²) in [7, 11) is 0. The molecule has 2 nitrogen and oxygen atoms in total. The van der Waals surface area contributed by atoms with Crippen LogP contribution in [0.15, 0.2) is 17.2 Å².